The van der Waals surface area contributed by atoms with Gasteiger partial charge in [0.05, 0.1) is 51.6 Å². The molecule has 0 bridgehead atoms. The lowest BCUT2D eigenvalue weighted by Gasteiger charge is -2.49. The molecule has 11 atom stereocenters. The number of thioether (sulfide) groups is 1. The van der Waals surface area contributed by atoms with Crippen LogP contribution in [-0.4, -0.2) is 115 Å². The summed E-state index contributed by atoms with van der Waals surface area (Å²) in [4.78, 5) is 42.2. The molecule has 0 saturated carbocycles. The number of amides is 1. The molecular formula is C48H53NO14S. The highest BCUT2D eigenvalue weighted by Gasteiger charge is 2.64. The van der Waals surface area contributed by atoms with E-state index >= 15 is 0 Å². The molecular weight excluding hydrogens is 847 g/mol. The van der Waals surface area contributed by atoms with Crippen molar-refractivity contribution in [2.24, 2.45) is 0 Å². The molecule has 8 rings (SSSR count). The summed E-state index contributed by atoms with van der Waals surface area (Å²) in [5.74, 6) is -5.25. The van der Waals surface area contributed by atoms with Crippen LogP contribution in [0.25, 0.3) is 0 Å². The van der Waals surface area contributed by atoms with Crippen LogP contribution in [0, 0.1) is 6.92 Å². The van der Waals surface area contributed by atoms with Gasteiger partial charge in [-0.05, 0) is 56.2 Å². The second kappa shape index (κ2) is 20.1. The Balaban J connectivity index is 1.15. The Hall–Kier alpha value is -4.88. The molecule has 0 aliphatic carbocycles. The number of carbonyl (C=O) groups excluding carboxylic acids is 3. The number of hydrogen-bond donors (Lipinski definition) is 2. The lowest BCUT2D eigenvalue weighted by atomic mass is 9.88. The number of aryl methyl sites for hydroxylation is 1. The van der Waals surface area contributed by atoms with Gasteiger partial charge in [0.15, 0.2) is 11.9 Å². The lowest BCUT2D eigenvalue weighted by molar-refractivity contribution is -0.345. The van der Waals surface area contributed by atoms with Gasteiger partial charge in [-0.15, -0.1) is 0 Å². The SMILES string of the molecule is COC(=O)[C@@]1(O[C@H]2[C@@H](O)[C@@H](COCc3ccccc3)O[C@@H](Sc3ccc(C)cc3)[C@@H]2OC(=O)c2ccccc2)C[C@@H]2OC(=O)N[C@H]2[C@H]([C@@H]2OC(C)(C)O[C@@H]2COCc2ccccc2)O1. The fraction of sp³-hybridized carbons (Fsp3) is 0.438. The second-order valence-electron chi connectivity index (χ2n) is 16.6. The molecule has 4 aliphatic heterocycles. The number of aliphatic hydroxyl groups excluding tert-OH is 1. The summed E-state index contributed by atoms with van der Waals surface area (Å²) in [6, 6.07) is 34.3. The molecule has 0 aromatic heterocycles. The van der Waals surface area contributed by atoms with E-state index in [1.165, 1.54) is 18.9 Å². The van der Waals surface area contributed by atoms with Crippen molar-refractivity contribution < 1.29 is 66.9 Å². The van der Waals surface area contributed by atoms with Gasteiger partial charge in [-0.3, -0.25) is 0 Å². The zero-order valence-corrected chi connectivity index (χ0v) is 36.8. The first-order chi connectivity index (χ1) is 30.9. The van der Waals surface area contributed by atoms with Gasteiger partial charge in [0.1, 0.15) is 48.2 Å². The number of fused-ring (bicyclic) bond motifs is 1. The third kappa shape index (κ3) is 10.6. The summed E-state index contributed by atoms with van der Waals surface area (Å²) in [6.07, 6.45) is -10.6. The third-order valence-electron chi connectivity index (χ3n) is 11.4. The van der Waals surface area contributed by atoms with Crippen molar-refractivity contribution >= 4 is 29.8 Å². The van der Waals surface area contributed by atoms with Crippen molar-refractivity contribution in [2.75, 3.05) is 20.3 Å². The lowest BCUT2D eigenvalue weighted by Crippen LogP contribution is -2.68. The fourth-order valence-corrected chi connectivity index (χ4v) is 9.45. The van der Waals surface area contributed by atoms with Crippen molar-refractivity contribution in [3.05, 3.63) is 138 Å². The average molecular weight is 900 g/mol. The van der Waals surface area contributed by atoms with Crippen LogP contribution in [0.15, 0.2) is 120 Å². The van der Waals surface area contributed by atoms with Gasteiger partial charge >= 0.3 is 18.0 Å². The van der Waals surface area contributed by atoms with E-state index in [-0.39, 0.29) is 38.4 Å². The van der Waals surface area contributed by atoms with Crippen LogP contribution in [0.5, 0.6) is 0 Å². The Morgan fingerprint density at radius 2 is 1.39 bits per heavy atom. The van der Waals surface area contributed by atoms with Gasteiger partial charge in [-0.2, -0.15) is 0 Å². The molecule has 4 heterocycles. The molecule has 16 heteroatoms. The Bertz CT molecular complexity index is 2180. The number of nitrogens with one attached hydrogen (secondary N) is 1. The van der Waals surface area contributed by atoms with Gasteiger partial charge in [0, 0.05) is 4.90 Å². The number of hydrogen-bond acceptors (Lipinski definition) is 15. The number of alkyl carbamates (subject to hydrolysis) is 1. The zero-order valence-electron chi connectivity index (χ0n) is 35.9. The third-order valence-corrected chi connectivity index (χ3v) is 12.5. The minimum atomic E-state index is -2.38. The maximum Gasteiger partial charge on any atom is 0.407 e. The summed E-state index contributed by atoms with van der Waals surface area (Å²) >= 11 is 1.24. The van der Waals surface area contributed by atoms with E-state index in [1.807, 2.05) is 91.9 Å². The number of methoxy groups -OCH3 is 1. The number of rotatable bonds is 16. The second-order valence-corrected chi connectivity index (χ2v) is 17.7. The summed E-state index contributed by atoms with van der Waals surface area (Å²) in [5, 5.41) is 15.2. The van der Waals surface area contributed by atoms with E-state index in [4.69, 9.17) is 47.4 Å². The predicted molar refractivity (Wildman–Crippen MR) is 230 cm³/mol. The van der Waals surface area contributed by atoms with E-state index in [2.05, 4.69) is 5.32 Å². The monoisotopic (exact) mass is 899 g/mol. The largest absolute Gasteiger partial charge is 0.465 e. The van der Waals surface area contributed by atoms with Crippen LogP contribution in [-0.2, 0) is 65.4 Å². The van der Waals surface area contributed by atoms with Gasteiger partial charge in [0.2, 0.25) is 0 Å². The van der Waals surface area contributed by atoms with E-state index < -0.39 is 89.9 Å². The molecule has 4 aromatic carbocycles. The molecule has 2 N–H and O–H groups in total. The molecule has 0 unspecified atom stereocenters. The van der Waals surface area contributed by atoms with Crippen LogP contribution in [0.2, 0.25) is 0 Å². The summed E-state index contributed by atoms with van der Waals surface area (Å²) in [7, 11) is 1.17. The summed E-state index contributed by atoms with van der Waals surface area (Å²) in [6.45, 7) is 5.86. The first-order valence-corrected chi connectivity index (χ1v) is 22.1. The Kier molecular flexibility index (Phi) is 14.3. The van der Waals surface area contributed by atoms with Crippen LogP contribution >= 0.6 is 11.8 Å². The van der Waals surface area contributed by atoms with Crippen molar-refractivity contribution in [1.29, 1.82) is 0 Å². The maximum atomic E-state index is 14.4. The summed E-state index contributed by atoms with van der Waals surface area (Å²) < 4.78 is 62.8. The maximum absolute atomic E-state index is 14.4. The van der Waals surface area contributed by atoms with E-state index in [0.29, 0.717) is 0 Å². The summed E-state index contributed by atoms with van der Waals surface area (Å²) in [5.41, 5.74) is 2.07. The molecule has 4 aliphatic rings. The molecule has 4 saturated heterocycles. The molecule has 0 spiro atoms. The number of carbonyl (C=O) groups is 3. The minimum absolute atomic E-state index is 0.0554. The van der Waals surface area contributed by atoms with E-state index in [9.17, 15) is 19.5 Å². The molecule has 340 valence electrons. The highest BCUT2D eigenvalue weighted by atomic mass is 32.2. The number of benzene rings is 4. The average Bonchev–Trinajstić information content (AvgIpc) is 3.83. The Morgan fingerprint density at radius 1 is 0.781 bits per heavy atom. The first-order valence-electron chi connectivity index (χ1n) is 21.2. The smallest absolute Gasteiger partial charge is 0.407 e. The molecule has 4 fully saturated rings. The first kappa shape index (κ1) is 45.7. The van der Waals surface area contributed by atoms with Crippen LogP contribution in [0.4, 0.5) is 4.79 Å². The quantitative estimate of drug-likeness (QED) is 0.101. The van der Waals surface area contributed by atoms with Gasteiger partial charge in [0.25, 0.3) is 5.79 Å². The van der Waals surface area contributed by atoms with Crippen LogP contribution < -0.4 is 5.32 Å². The molecule has 0 radical (unpaired) electrons. The van der Waals surface area contributed by atoms with E-state index in [0.717, 1.165) is 21.6 Å². The molecule has 1 amide bonds. The molecule has 15 nitrogen and oxygen atoms in total. The van der Waals surface area contributed by atoms with Crippen LogP contribution in [0.3, 0.4) is 0 Å². The molecule has 64 heavy (non-hydrogen) atoms. The van der Waals surface area contributed by atoms with E-state index in [1.54, 1.807) is 44.2 Å². The normalized spacial score (nSPS) is 30.7. The van der Waals surface area contributed by atoms with Gasteiger partial charge < -0.3 is 57.8 Å². The standard InChI is InChI=1S/C48H53NO14S/c1-29-20-22-33(23-21-29)64-44-42(59-43(51)32-18-12-7-13-19-32)41(38(50)35(57-44)27-55-25-30-14-8-5-9-15-30)63-48(45(52)54-4)24-34-37(49-46(53)58-34)40(62-48)39-36(60-47(2,3)61-39)28-56-26-31-16-10-6-11-17-31/h5-23,34-42,44,50H,24-28H2,1-4H3,(H,49,53)/t34-,35+,36+,37+,38-,39+,40+,41-,42+,44-,48-/m0/s1. The van der Waals surface area contributed by atoms with Gasteiger partial charge in [-0.25, -0.2) is 14.4 Å². The van der Waals surface area contributed by atoms with Gasteiger partial charge in [-0.1, -0.05) is 108 Å². The highest BCUT2D eigenvalue weighted by molar-refractivity contribution is 7.99. The fourth-order valence-electron chi connectivity index (χ4n) is 8.35. The number of ether oxygens (including phenoxy) is 10. The number of aliphatic hydroxyl groups is 1. The highest BCUT2D eigenvalue weighted by Crippen LogP contribution is 2.45. The Morgan fingerprint density at radius 3 is 2.02 bits per heavy atom. The van der Waals surface area contributed by atoms with Crippen molar-refractivity contribution in [1.82, 2.24) is 5.32 Å². The number of esters is 2. The molecule has 4 aromatic rings. The van der Waals surface area contributed by atoms with Crippen molar-refractivity contribution in [2.45, 2.75) is 117 Å². The minimum Gasteiger partial charge on any atom is -0.465 e. The van der Waals surface area contributed by atoms with Crippen molar-refractivity contribution in [3.8, 4) is 0 Å². The predicted octanol–water partition coefficient (Wildman–Crippen LogP) is 5.87. The Labute approximate surface area is 375 Å². The van der Waals surface area contributed by atoms with Crippen LogP contribution in [0.1, 0.15) is 47.3 Å². The topological polar surface area (TPSA) is 176 Å². The van der Waals surface area contributed by atoms with Crippen molar-refractivity contribution in [3.63, 3.8) is 0 Å². The zero-order chi connectivity index (χ0) is 44.8.